The molecule has 0 saturated heterocycles. The molecule has 1 aliphatic rings. The average molecular weight is 262 g/mol. The van der Waals surface area contributed by atoms with Gasteiger partial charge >= 0.3 is 0 Å². The number of ketones is 1. The second-order valence-electron chi connectivity index (χ2n) is 4.57. The Hall–Kier alpha value is -2.10. The first-order valence-electron chi connectivity index (χ1n) is 5.84. The van der Waals surface area contributed by atoms with Crippen LogP contribution in [0.1, 0.15) is 27.4 Å². The smallest absolute Gasteiger partial charge is 0.173 e. The maximum absolute atomic E-state index is 13.6. The summed E-state index contributed by atoms with van der Waals surface area (Å²) in [4.78, 5) is 12.1. The van der Waals surface area contributed by atoms with Gasteiger partial charge in [-0.1, -0.05) is 24.3 Å². The molecule has 2 aromatic carbocycles. The van der Waals surface area contributed by atoms with Crippen LogP contribution in [-0.2, 0) is 6.42 Å². The normalized spacial score (nSPS) is 16.7. The number of hydrogen-bond acceptors (Lipinski definition) is 1. The SMILES string of the molecule is O=C(c1cc(F)c(F)cc1F)C1Cc2ccccc21. The lowest BCUT2D eigenvalue weighted by atomic mass is 9.74. The molecule has 0 heterocycles. The molecular weight excluding hydrogens is 253 g/mol. The Morgan fingerprint density at radius 3 is 2.42 bits per heavy atom. The minimum Gasteiger partial charge on any atom is -0.293 e. The lowest BCUT2D eigenvalue weighted by molar-refractivity contribution is 0.0944. The lowest BCUT2D eigenvalue weighted by Gasteiger charge is -2.28. The third-order valence-electron chi connectivity index (χ3n) is 3.45. The van der Waals surface area contributed by atoms with Crippen LogP contribution >= 0.6 is 0 Å². The highest BCUT2D eigenvalue weighted by atomic mass is 19.2. The van der Waals surface area contributed by atoms with E-state index in [-0.39, 0.29) is 0 Å². The van der Waals surface area contributed by atoms with E-state index in [1.165, 1.54) is 0 Å². The lowest BCUT2D eigenvalue weighted by Crippen LogP contribution is -2.26. The molecule has 1 unspecified atom stereocenters. The molecule has 0 fully saturated rings. The van der Waals surface area contributed by atoms with Crippen LogP contribution in [0.3, 0.4) is 0 Å². The monoisotopic (exact) mass is 262 g/mol. The molecule has 1 atom stereocenters. The van der Waals surface area contributed by atoms with Crippen molar-refractivity contribution in [1.82, 2.24) is 0 Å². The van der Waals surface area contributed by atoms with Crippen molar-refractivity contribution in [3.63, 3.8) is 0 Å². The Kier molecular flexibility index (Phi) is 2.66. The fraction of sp³-hybridized carbons (Fsp3) is 0.133. The van der Waals surface area contributed by atoms with Gasteiger partial charge in [0.05, 0.1) is 11.5 Å². The van der Waals surface area contributed by atoms with Gasteiger partial charge < -0.3 is 0 Å². The van der Waals surface area contributed by atoms with E-state index in [0.29, 0.717) is 18.6 Å². The molecular formula is C15H9F3O. The molecule has 2 aromatic rings. The number of hydrogen-bond donors (Lipinski definition) is 0. The van der Waals surface area contributed by atoms with E-state index in [0.717, 1.165) is 11.1 Å². The van der Waals surface area contributed by atoms with E-state index in [1.807, 2.05) is 12.1 Å². The fourth-order valence-electron chi connectivity index (χ4n) is 2.39. The van der Waals surface area contributed by atoms with Crippen LogP contribution in [0.4, 0.5) is 13.2 Å². The summed E-state index contributed by atoms with van der Waals surface area (Å²) in [5.41, 5.74) is 1.47. The molecule has 0 spiro atoms. The molecule has 0 bridgehead atoms. The number of benzene rings is 2. The molecule has 0 aromatic heterocycles. The highest BCUT2D eigenvalue weighted by molar-refractivity contribution is 6.02. The molecule has 0 N–H and O–H groups in total. The van der Waals surface area contributed by atoms with Crippen molar-refractivity contribution >= 4 is 5.78 Å². The third kappa shape index (κ3) is 1.84. The van der Waals surface area contributed by atoms with Crippen LogP contribution in [0.15, 0.2) is 36.4 Å². The van der Waals surface area contributed by atoms with E-state index in [1.54, 1.807) is 12.1 Å². The van der Waals surface area contributed by atoms with Gasteiger partial charge in [0, 0.05) is 6.07 Å². The number of carbonyl (C=O) groups is 1. The predicted octanol–water partition coefficient (Wildman–Crippen LogP) is 3.63. The zero-order valence-electron chi connectivity index (χ0n) is 9.79. The van der Waals surface area contributed by atoms with Gasteiger partial charge in [-0.2, -0.15) is 0 Å². The van der Waals surface area contributed by atoms with E-state index in [9.17, 15) is 18.0 Å². The van der Waals surface area contributed by atoms with Crippen molar-refractivity contribution in [3.8, 4) is 0 Å². The van der Waals surface area contributed by atoms with E-state index in [4.69, 9.17) is 0 Å². The number of fused-ring (bicyclic) bond motifs is 1. The van der Waals surface area contributed by atoms with E-state index in [2.05, 4.69) is 0 Å². The molecule has 19 heavy (non-hydrogen) atoms. The molecule has 0 saturated carbocycles. The van der Waals surface area contributed by atoms with Crippen molar-refractivity contribution in [2.24, 2.45) is 0 Å². The second kappa shape index (κ2) is 4.23. The summed E-state index contributed by atoms with van der Waals surface area (Å²) in [7, 11) is 0. The van der Waals surface area contributed by atoms with Gasteiger partial charge in [0.25, 0.3) is 0 Å². The first-order chi connectivity index (χ1) is 9.08. The maximum Gasteiger partial charge on any atom is 0.173 e. The Morgan fingerprint density at radius 2 is 1.68 bits per heavy atom. The van der Waals surface area contributed by atoms with Crippen LogP contribution in [0, 0.1) is 17.5 Å². The van der Waals surface area contributed by atoms with Gasteiger partial charge in [-0.25, -0.2) is 13.2 Å². The summed E-state index contributed by atoms with van der Waals surface area (Å²) in [5.74, 6) is -4.49. The number of halogens is 3. The molecule has 4 heteroatoms. The summed E-state index contributed by atoms with van der Waals surface area (Å²) < 4.78 is 39.5. The molecule has 96 valence electrons. The topological polar surface area (TPSA) is 17.1 Å². The summed E-state index contributed by atoms with van der Waals surface area (Å²) in [6.45, 7) is 0. The molecule has 0 radical (unpaired) electrons. The minimum absolute atomic E-state index is 0.390. The summed E-state index contributed by atoms with van der Waals surface area (Å²) in [6, 6.07) is 8.37. The summed E-state index contributed by atoms with van der Waals surface area (Å²) in [5, 5.41) is 0. The Labute approximate surface area is 107 Å². The van der Waals surface area contributed by atoms with Crippen molar-refractivity contribution in [3.05, 3.63) is 70.5 Å². The largest absolute Gasteiger partial charge is 0.293 e. The highest BCUT2D eigenvalue weighted by Crippen LogP contribution is 2.37. The average Bonchev–Trinajstić information content (AvgIpc) is 2.35. The fourth-order valence-corrected chi connectivity index (χ4v) is 2.39. The minimum atomic E-state index is -1.29. The first kappa shape index (κ1) is 12.0. The zero-order chi connectivity index (χ0) is 13.6. The number of Topliss-reactive ketones (excluding diaryl/α,β-unsaturated/α-hetero) is 1. The standard InChI is InChI=1S/C15H9F3O/c16-12-7-14(18)13(17)6-11(12)15(19)10-5-8-3-1-2-4-9(8)10/h1-4,6-7,10H,5H2. The molecule has 1 aliphatic carbocycles. The van der Waals surface area contributed by atoms with Crippen molar-refractivity contribution in [1.29, 1.82) is 0 Å². The molecule has 0 amide bonds. The van der Waals surface area contributed by atoms with Gasteiger partial charge in [-0.3, -0.25) is 4.79 Å². The quantitative estimate of drug-likeness (QED) is 0.596. The van der Waals surface area contributed by atoms with E-state index < -0.39 is 34.7 Å². The zero-order valence-corrected chi connectivity index (χ0v) is 9.79. The van der Waals surface area contributed by atoms with Gasteiger partial charge in [0.15, 0.2) is 17.4 Å². The third-order valence-corrected chi connectivity index (χ3v) is 3.45. The molecule has 3 rings (SSSR count). The van der Waals surface area contributed by atoms with Crippen LogP contribution in [-0.4, -0.2) is 5.78 Å². The highest BCUT2D eigenvalue weighted by Gasteiger charge is 2.33. The van der Waals surface area contributed by atoms with Gasteiger partial charge in [0.2, 0.25) is 0 Å². The van der Waals surface area contributed by atoms with Crippen molar-refractivity contribution < 1.29 is 18.0 Å². The summed E-state index contributed by atoms with van der Waals surface area (Å²) in [6.07, 6.45) is 0.507. The van der Waals surface area contributed by atoms with Crippen molar-refractivity contribution in [2.45, 2.75) is 12.3 Å². The van der Waals surface area contributed by atoms with Crippen molar-refractivity contribution in [2.75, 3.05) is 0 Å². The van der Waals surface area contributed by atoms with Crippen LogP contribution in [0.25, 0.3) is 0 Å². The summed E-state index contributed by atoms with van der Waals surface area (Å²) >= 11 is 0. The molecule has 0 aliphatic heterocycles. The van der Waals surface area contributed by atoms with Gasteiger partial charge in [-0.05, 0) is 23.6 Å². The van der Waals surface area contributed by atoms with Crippen LogP contribution in [0.5, 0.6) is 0 Å². The first-order valence-corrected chi connectivity index (χ1v) is 5.84. The van der Waals surface area contributed by atoms with Crippen LogP contribution in [0.2, 0.25) is 0 Å². The second-order valence-corrected chi connectivity index (χ2v) is 4.57. The Bertz CT molecular complexity index is 679. The number of carbonyl (C=O) groups excluding carboxylic acids is 1. The van der Waals surface area contributed by atoms with Gasteiger partial charge in [-0.15, -0.1) is 0 Å². The Morgan fingerprint density at radius 1 is 1.00 bits per heavy atom. The van der Waals surface area contributed by atoms with Gasteiger partial charge in [0.1, 0.15) is 5.82 Å². The Balaban J connectivity index is 1.97. The van der Waals surface area contributed by atoms with E-state index >= 15 is 0 Å². The predicted molar refractivity (Wildman–Crippen MR) is 63.5 cm³/mol. The maximum atomic E-state index is 13.6. The number of rotatable bonds is 2. The van der Waals surface area contributed by atoms with Crippen LogP contribution < -0.4 is 0 Å². The molecule has 1 nitrogen and oxygen atoms in total.